The van der Waals surface area contributed by atoms with E-state index in [0.717, 1.165) is 31.6 Å². The van der Waals surface area contributed by atoms with Gasteiger partial charge in [-0.2, -0.15) is 0 Å². The summed E-state index contributed by atoms with van der Waals surface area (Å²) in [5, 5.41) is 5.26. The molecule has 2 N–H and O–H groups in total. The van der Waals surface area contributed by atoms with Gasteiger partial charge < -0.3 is 10.6 Å². The van der Waals surface area contributed by atoms with Crippen molar-refractivity contribution in [2.45, 2.75) is 45.1 Å². The maximum absolute atomic E-state index is 11.5. The molecule has 2 amide bonds. The van der Waals surface area contributed by atoms with E-state index >= 15 is 0 Å². The van der Waals surface area contributed by atoms with Crippen LogP contribution in [0.1, 0.15) is 39.0 Å². The highest BCUT2D eigenvalue weighted by Crippen LogP contribution is 2.26. The molecule has 0 bridgehead atoms. The molecule has 4 heteroatoms. The zero-order valence-electron chi connectivity index (χ0n) is 10.5. The summed E-state index contributed by atoms with van der Waals surface area (Å²) in [5.74, 6) is -0.299. The lowest BCUT2D eigenvalue weighted by Crippen LogP contribution is -2.45. The molecule has 17 heavy (non-hydrogen) atoms. The molecule has 0 saturated heterocycles. The Labute approximate surface area is 103 Å². The maximum atomic E-state index is 11.5. The van der Waals surface area contributed by atoms with Crippen molar-refractivity contribution in [2.24, 2.45) is 5.92 Å². The van der Waals surface area contributed by atoms with Crippen molar-refractivity contribution in [2.75, 3.05) is 6.54 Å². The molecule has 1 aliphatic carbocycles. The number of hydrogen-bond donors (Lipinski definition) is 2. The number of rotatable bonds is 4. The summed E-state index contributed by atoms with van der Waals surface area (Å²) in [6.07, 6.45) is 7.03. The molecule has 1 fully saturated rings. The van der Waals surface area contributed by atoms with Crippen molar-refractivity contribution in [1.29, 1.82) is 0 Å². The Kier molecular flexibility index (Phi) is 5.73. The van der Waals surface area contributed by atoms with Gasteiger partial charge in [0.2, 0.25) is 0 Å². The topological polar surface area (TPSA) is 58.2 Å². The van der Waals surface area contributed by atoms with Crippen LogP contribution in [0.2, 0.25) is 0 Å². The predicted octanol–water partition coefficient (Wildman–Crippen LogP) is 1.37. The van der Waals surface area contributed by atoms with Gasteiger partial charge in [-0.25, -0.2) is 0 Å². The van der Waals surface area contributed by atoms with Crippen LogP contribution in [0.4, 0.5) is 0 Å². The molecule has 0 unspecified atom stereocenters. The van der Waals surface area contributed by atoms with E-state index in [-0.39, 0.29) is 6.04 Å². The van der Waals surface area contributed by atoms with Crippen LogP contribution in [-0.2, 0) is 9.59 Å². The first kappa shape index (κ1) is 13.7. The Bertz CT molecular complexity index is 281. The summed E-state index contributed by atoms with van der Waals surface area (Å²) in [4.78, 5) is 22.8. The van der Waals surface area contributed by atoms with E-state index in [9.17, 15) is 9.59 Å². The lowest BCUT2D eigenvalue weighted by atomic mass is 9.84. The van der Waals surface area contributed by atoms with Gasteiger partial charge in [0.1, 0.15) is 0 Å². The van der Waals surface area contributed by atoms with Crippen LogP contribution in [-0.4, -0.2) is 24.4 Å². The minimum absolute atomic E-state index is 0.166. The molecule has 0 aliphatic heterocycles. The maximum Gasteiger partial charge on any atom is 0.309 e. The van der Waals surface area contributed by atoms with Crippen LogP contribution in [0.3, 0.4) is 0 Å². The molecular weight excluding hydrogens is 216 g/mol. The second-order valence-corrected chi connectivity index (χ2v) is 4.60. The molecule has 4 nitrogen and oxygen atoms in total. The van der Waals surface area contributed by atoms with Crippen molar-refractivity contribution in [3.05, 3.63) is 12.7 Å². The van der Waals surface area contributed by atoms with E-state index < -0.39 is 11.8 Å². The van der Waals surface area contributed by atoms with Crippen LogP contribution < -0.4 is 10.6 Å². The fraction of sp³-hybridized carbons (Fsp3) is 0.692. The quantitative estimate of drug-likeness (QED) is 0.574. The van der Waals surface area contributed by atoms with Crippen molar-refractivity contribution < 1.29 is 9.59 Å². The molecule has 0 spiro atoms. The van der Waals surface area contributed by atoms with Crippen LogP contribution in [0.5, 0.6) is 0 Å². The van der Waals surface area contributed by atoms with Crippen LogP contribution in [0.15, 0.2) is 12.7 Å². The molecule has 0 radical (unpaired) electrons. The lowest BCUT2D eigenvalue weighted by Gasteiger charge is -2.28. The SMILES string of the molecule is C=CCNC(=O)C(=O)NC1CCC(CC)CC1. The van der Waals surface area contributed by atoms with E-state index in [0.29, 0.717) is 6.54 Å². The van der Waals surface area contributed by atoms with E-state index in [2.05, 4.69) is 24.1 Å². The Morgan fingerprint density at radius 1 is 1.24 bits per heavy atom. The summed E-state index contributed by atoms with van der Waals surface area (Å²) < 4.78 is 0. The highest BCUT2D eigenvalue weighted by atomic mass is 16.2. The minimum Gasteiger partial charge on any atom is -0.345 e. The molecule has 1 aliphatic rings. The third-order valence-corrected chi connectivity index (χ3v) is 3.37. The third kappa shape index (κ3) is 4.59. The average Bonchev–Trinajstić information content (AvgIpc) is 2.36. The highest BCUT2D eigenvalue weighted by Gasteiger charge is 2.23. The van der Waals surface area contributed by atoms with Crippen molar-refractivity contribution >= 4 is 11.8 Å². The number of carbonyl (C=O) groups excluding carboxylic acids is 2. The monoisotopic (exact) mass is 238 g/mol. The van der Waals surface area contributed by atoms with E-state index in [1.807, 2.05) is 0 Å². The molecule has 0 atom stereocenters. The van der Waals surface area contributed by atoms with Gasteiger partial charge in [0.25, 0.3) is 0 Å². The normalized spacial score (nSPS) is 23.8. The number of hydrogen-bond acceptors (Lipinski definition) is 2. The summed E-state index contributed by atoms with van der Waals surface area (Å²) in [6, 6.07) is 0.166. The number of amides is 2. The standard InChI is InChI=1S/C13H22N2O2/c1-3-9-14-12(16)13(17)15-11-7-5-10(4-2)6-8-11/h3,10-11H,1,4-9H2,2H3,(H,14,16)(H,15,17). The molecule has 0 aromatic carbocycles. The van der Waals surface area contributed by atoms with Gasteiger partial charge in [-0.05, 0) is 31.6 Å². The highest BCUT2D eigenvalue weighted by molar-refractivity contribution is 6.35. The molecule has 1 saturated carbocycles. The molecule has 0 aromatic heterocycles. The van der Waals surface area contributed by atoms with E-state index in [1.54, 1.807) is 6.08 Å². The fourth-order valence-electron chi connectivity index (χ4n) is 2.21. The average molecular weight is 238 g/mol. The second-order valence-electron chi connectivity index (χ2n) is 4.60. The zero-order valence-corrected chi connectivity index (χ0v) is 10.5. The van der Waals surface area contributed by atoms with Gasteiger partial charge in [-0.15, -0.1) is 6.58 Å². The zero-order chi connectivity index (χ0) is 12.7. The molecule has 1 rings (SSSR count). The Hall–Kier alpha value is -1.32. The minimum atomic E-state index is -0.567. The van der Waals surface area contributed by atoms with Crippen molar-refractivity contribution in [1.82, 2.24) is 10.6 Å². The smallest absolute Gasteiger partial charge is 0.309 e. The Balaban J connectivity index is 2.27. The van der Waals surface area contributed by atoms with Crippen molar-refractivity contribution in [3.63, 3.8) is 0 Å². The summed E-state index contributed by atoms with van der Waals surface area (Å²) in [7, 11) is 0. The second kappa shape index (κ2) is 7.09. The first-order chi connectivity index (χ1) is 8.17. The summed E-state index contributed by atoms with van der Waals surface area (Å²) in [6.45, 7) is 6.01. The Morgan fingerprint density at radius 3 is 2.41 bits per heavy atom. The number of nitrogens with one attached hydrogen (secondary N) is 2. The number of carbonyl (C=O) groups is 2. The molecule has 96 valence electrons. The van der Waals surface area contributed by atoms with E-state index in [1.165, 1.54) is 6.42 Å². The van der Waals surface area contributed by atoms with Gasteiger partial charge >= 0.3 is 11.8 Å². The lowest BCUT2D eigenvalue weighted by molar-refractivity contribution is -0.139. The van der Waals surface area contributed by atoms with Gasteiger partial charge in [0.05, 0.1) is 0 Å². The molecule has 0 heterocycles. The van der Waals surface area contributed by atoms with Gasteiger partial charge in [0.15, 0.2) is 0 Å². The fourth-order valence-corrected chi connectivity index (χ4v) is 2.21. The van der Waals surface area contributed by atoms with Crippen LogP contribution in [0, 0.1) is 5.92 Å². The molecular formula is C13H22N2O2. The Morgan fingerprint density at radius 2 is 1.88 bits per heavy atom. The third-order valence-electron chi connectivity index (χ3n) is 3.37. The molecule has 0 aromatic rings. The summed E-state index contributed by atoms with van der Waals surface area (Å²) in [5.41, 5.74) is 0. The first-order valence-corrected chi connectivity index (χ1v) is 6.37. The van der Waals surface area contributed by atoms with Crippen LogP contribution in [0.25, 0.3) is 0 Å². The van der Waals surface area contributed by atoms with Gasteiger partial charge in [-0.1, -0.05) is 19.4 Å². The summed E-state index contributed by atoms with van der Waals surface area (Å²) >= 11 is 0. The van der Waals surface area contributed by atoms with Gasteiger partial charge in [0, 0.05) is 12.6 Å². The van der Waals surface area contributed by atoms with E-state index in [4.69, 9.17) is 0 Å². The van der Waals surface area contributed by atoms with Gasteiger partial charge in [-0.3, -0.25) is 9.59 Å². The predicted molar refractivity (Wildman–Crippen MR) is 67.4 cm³/mol. The largest absolute Gasteiger partial charge is 0.345 e. The van der Waals surface area contributed by atoms with Crippen LogP contribution >= 0.6 is 0 Å². The van der Waals surface area contributed by atoms with Crippen molar-refractivity contribution in [3.8, 4) is 0 Å². The first-order valence-electron chi connectivity index (χ1n) is 6.37.